The summed E-state index contributed by atoms with van der Waals surface area (Å²) < 4.78 is 6.75. The molecule has 0 radical (unpaired) electrons. The second kappa shape index (κ2) is 4.83. The van der Waals surface area contributed by atoms with E-state index in [1.807, 2.05) is 0 Å². The highest BCUT2D eigenvalue weighted by Crippen LogP contribution is 2.37. The van der Waals surface area contributed by atoms with Crippen molar-refractivity contribution in [3.63, 3.8) is 0 Å². The van der Waals surface area contributed by atoms with Crippen LogP contribution in [-0.4, -0.2) is 19.2 Å². The van der Waals surface area contributed by atoms with Crippen LogP contribution in [0.15, 0.2) is 16.6 Å². The molecule has 5 heteroatoms. The second-order valence-corrected chi connectivity index (χ2v) is 5.34. The Hall–Kier alpha value is 0.200. The lowest BCUT2D eigenvalue weighted by atomic mass is 9.90. The second-order valence-electron chi connectivity index (χ2n) is 4.08. The molecule has 0 saturated carbocycles. The van der Waals surface area contributed by atoms with E-state index in [2.05, 4.69) is 33.4 Å². The predicted octanol–water partition coefficient (Wildman–Crippen LogP) is 3.11. The highest BCUT2D eigenvalue weighted by Gasteiger charge is 2.34. The van der Waals surface area contributed by atoms with E-state index >= 15 is 0 Å². The fraction of sp³-hybridized carbons (Fsp3) is 0.455. The molecule has 2 nitrogen and oxygen atoms in total. The van der Waals surface area contributed by atoms with Crippen molar-refractivity contribution in [3.05, 3.63) is 32.8 Å². The van der Waals surface area contributed by atoms with Gasteiger partial charge in [0.15, 0.2) is 0 Å². The van der Waals surface area contributed by atoms with Gasteiger partial charge < -0.3 is 10.1 Å². The molecular formula is C11H12BrCl2NO. The fourth-order valence-corrected chi connectivity index (χ4v) is 2.97. The Kier molecular flexibility index (Phi) is 3.82. The molecule has 0 bridgehead atoms. The molecule has 2 aliphatic heterocycles. The normalized spacial score (nSPS) is 26.9. The SMILES string of the molecule is Cl.Clc1cc2c(cc1Br)CO[C@H]1CNC[C@@H]21. The van der Waals surface area contributed by atoms with Crippen molar-refractivity contribution < 1.29 is 4.74 Å². The van der Waals surface area contributed by atoms with E-state index in [-0.39, 0.29) is 12.4 Å². The van der Waals surface area contributed by atoms with Crippen molar-refractivity contribution in [1.29, 1.82) is 0 Å². The quantitative estimate of drug-likeness (QED) is 0.791. The maximum Gasteiger partial charge on any atom is 0.0784 e. The van der Waals surface area contributed by atoms with Gasteiger partial charge >= 0.3 is 0 Å². The molecule has 1 fully saturated rings. The number of fused-ring (bicyclic) bond motifs is 3. The molecule has 2 aliphatic rings. The first kappa shape index (κ1) is 12.7. The summed E-state index contributed by atoms with van der Waals surface area (Å²) in [6.07, 6.45) is 0.328. The van der Waals surface area contributed by atoms with Crippen LogP contribution in [-0.2, 0) is 11.3 Å². The molecule has 2 heterocycles. The maximum absolute atomic E-state index is 6.13. The number of benzene rings is 1. The Bertz CT molecular complexity index is 413. The number of hydrogen-bond donors (Lipinski definition) is 1. The number of ether oxygens (including phenoxy) is 1. The summed E-state index contributed by atoms with van der Waals surface area (Å²) in [5.74, 6) is 0.472. The van der Waals surface area contributed by atoms with Crippen LogP contribution in [0.1, 0.15) is 17.0 Å². The molecule has 16 heavy (non-hydrogen) atoms. The van der Waals surface area contributed by atoms with E-state index in [0.717, 1.165) is 22.6 Å². The third kappa shape index (κ3) is 2.00. The van der Waals surface area contributed by atoms with E-state index in [9.17, 15) is 0 Å². The Morgan fingerprint density at radius 3 is 3.00 bits per heavy atom. The average Bonchev–Trinajstić information content (AvgIpc) is 2.68. The largest absolute Gasteiger partial charge is 0.372 e. The minimum absolute atomic E-state index is 0. The molecule has 0 aromatic heterocycles. The molecule has 3 rings (SSSR count). The Labute approximate surface area is 114 Å². The number of rotatable bonds is 0. The summed E-state index contributed by atoms with van der Waals surface area (Å²) in [4.78, 5) is 0. The van der Waals surface area contributed by atoms with Crippen molar-refractivity contribution in [2.24, 2.45) is 0 Å². The Morgan fingerprint density at radius 1 is 1.38 bits per heavy atom. The number of hydrogen-bond acceptors (Lipinski definition) is 2. The zero-order valence-corrected chi connectivity index (χ0v) is 11.7. The lowest BCUT2D eigenvalue weighted by molar-refractivity contribution is 0.0299. The molecule has 1 saturated heterocycles. The summed E-state index contributed by atoms with van der Waals surface area (Å²) in [7, 11) is 0. The van der Waals surface area contributed by atoms with Crippen molar-refractivity contribution in [1.82, 2.24) is 5.32 Å². The molecule has 0 spiro atoms. The average molecular weight is 325 g/mol. The summed E-state index contributed by atoms with van der Waals surface area (Å²) in [6, 6.07) is 4.15. The lowest BCUT2D eigenvalue weighted by Gasteiger charge is -2.28. The molecular weight excluding hydrogens is 313 g/mol. The first-order chi connectivity index (χ1) is 7.25. The zero-order valence-electron chi connectivity index (χ0n) is 8.50. The van der Waals surface area contributed by atoms with Gasteiger partial charge in [0.05, 0.1) is 17.7 Å². The van der Waals surface area contributed by atoms with Crippen LogP contribution in [0.2, 0.25) is 5.02 Å². The number of nitrogens with one attached hydrogen (secondary N) is 1. The van der Waals surface area contributed by atoms with Gasteiger partial charge in [-0.1, -0.05) is 11.6 Å². The van der Waals surface area contributed by atoms with Crippen molar-refractivity contribution in [3.8, 4) is 0 Å². The van der Waals surface area contributed by atoms with Gasteiger partial charge in [0.1, 0.15) is 0 Å². The van der Waals surface area contributed by atoms with Crippen molar-refractivity contribution >= 4 is 39.9 Å². The standard InChI is InChI=1S/C11H11BrClNO.ClH/c12-9-1-6-5-15-11-4-14-3-8(11)7(6)2-10(9)13;/h1-2,8,11,14H,3-5H2;1H/t8-,11-;/m0./s1. The van der Waals surface area contributed by atoms with Crippen LogP contribution >= 0.6 is 39.9 Å². The predicted molar refractivity (Wildman–Crippen MR) is 70.6 cm³/mol. The first-order valence-corrected chi connectivity index (χ1v) is 6.23. The summed E-state index contributed by atoms with van der Waals surface area (Å²) >= 11 is 9.57. The van der Waals surface area contributed by atoms with Crippen molar-refractivity contribution in [2.75, 3.05) is 13.1 Å². The summed E-state index contributed by atoms with van der Waals surface area (Å²) in [5.41, 5.74) is 2.61. The zero-order chi connectivity index (χ0) is 10.4. The third-order valence-electron chi connectivity index (χ3n) is 3.19. The van der Waals surface area contributed by atoms with Gasteiger partial charge in [0.2, 0.25) is 0 Å². The smallest absolute Gasteiger partial charge is 0.0784 e. The maximum atomic E-state index is 6.13. The van der Waals surface area contributed by atoms with Gasteiger partial charge in [-0.2, -0.15) is 0 Å². The highest BCUT2D eigenvalue weighted by molar-refractivity contribution is 9.10. The number of halogens is 3. The van der Waals surface area contributed by atoms with Gasteiger partial charge in [-0.05, 0) is 39.2 Å². The van der Waals surface area contributed by atoms with Gasteiger partial charge in [0, 0.05) is 23.5 Å². The van der Waals surface area contributed by atoms with Gasteiger partial charge in [0.25, 0.3) is 0 Å². The van der Waals surface area contributed by atoms with Gasteiger partial charge in [-0.25, -0.2) is 0 Å². The van der Waals surface area contributed by atoms with Crippen LogP contribution in [0.3, 0.4) is 0 Å². The lowest BCUT2D eigenvalue weighted by Crippen LogP contribution is -2.26. The van der Waals surface area contributed by atoms with Gasteiger partial charge in [-0.15, -0.1) is 12.4 Å². The van der Waals surface area contributed by atoms with Crippen LogP contribution in [0.25, 0.3) is 0 Å². The molecule has 0 amide bonds. The van der Waals surface area contributed by atoms with E-state index in [0.29, 0.717) is 18.6 Å². The Morgan fingerprint density at radius 2 is 2.19 bits per heavy atom. The molecule has 1 aromatic carbocycles. The van der Waals surface area contributed by atoms with Crippen LogP contribution in [0.4, 0.5) is 0 Å². The minimum atomic E-state index is 0. The van der Waals surface area contributed by atoms with Crippen LogP contribution in [0.5, 0.6) is 0 Å². The molecule has 0 unspecified atom stereocenters. The highest BCUT2D eigenvalue weighted by atomic mass is 79.9. The molecule has 1 aromatic rings. The van der Waals surface area contributed by atoms with Crippen LogP contribution < -0.4 is 5.32 Å². The summed E-state index contributed by atoms with van der Waals surface area (Å²) in [6.45, 7) is 2.65. The van der Waals surface area contributed by atoms with Crippen molar-refractivity contribution in [2.45, 2.75) is 18.6 Å². The molecule has 1 N–H and O–H groups in total. The van der Waals surface area contributed by atoms with E-state index in [1.54, 1.807) is 0 Å². The fourth-order valence-electron chi connectivity index (χ4n) is 2.41. The molecule has 0 aliphatic carbocycles. The molecule has 88 valence electrons. The van der Waals surface area contributed by atoms with E-state index in [1.165, 1.54) is 11.1 Å². The third-order valence-corrected chi connectivity index (χ3v) is 4.39. The van der Waals surface area contributed by atoms with E-state index < -0.39 is 0 Å². The monoisotopic (exact) mass is 323 g/mol. The van der Waals surface area contributed by atoms with Crippen LogP contribution in [0, 0.1) is 0 Å². The minimum Gasteiger partial charge on any atom is -0.372 e. The first-order valence-electron chi connectivity index (χ1n) is 5.06. The topological polar surface area (TPSA) is 21.3 Å². The summed E-state index contributed by atoms with van der Waals surface area (Å²) in [5, 5.41) is 4.15. The molecule has 2 atom stereocenters. The van der Waals surface area contributed by atoms with Gasteiger partial charge in [-0.3, -0.25) is 0 Å². The Balaban J connectivity index is 0.000000963. The van der Waals surface area contributed by atoms with E-state index in [4.69, 9.17) is 16.3 Å².